The molecular weight excluding hydrogens is 390 g/mol. The number of hydrogen-bond donors (Lipinski definition) is 3. The van der Waals surface area contributed by atoms with Crippen LogP contribution in [0.1, 0.15) is 43.5 Å². The zero-order valence-corrected chi connectivity index (χ0v) is 16.6. The van der Waals surface area contributed by atoms with Gasteiger partial charge in [0.1, 0.15) is 5.75 Å². The van der Waals surface area contributed by atoms with E-state index in [1.54, 1.807) is 25.3 Å². The number of nitrogens with one attached hydrogen (secondary N) is 3. The number of benzene rings is 1. The zero-order valence-electron chi connectivity index (χ0n) is 14.2. The predicted molar refractivity (Wildman–Crippen MR) is 103 cm³/mol. The van der Waals surface area contributed by atoms with E-state index in [9.17, 15) is 4.79 Å². The molecule has 1 aromatic carbocycles. The third-order valence-corrected chi connectivity index (χ3v) is 5.57. The molecule has 3 N–H and O–H groups in total. The first-order valence-corrected chi connectivity index (χ1v) is 9.33. The highest BCUT2D eigenvalue weighted by Crippen LogP contribution is 2.29. The number of amides is 1. The Labute approximate surface area is 157 Å². The van der Waals surface area contributed by atoms with Crippen LogP contribution < -0.4 is 20.9 Å². The van der Waals surface area contributed by atoms with Crippen molar-refractivity contribution >= 4 is 39.2 Å². The Bertz CT molecular complexity index is 611. The van der Waals surface area contributed by atoms with Gasteiger partial charge in [-0.05, 0) is 64.6 Å². The van der Waals surface area contributed by atoms with E-state index in [1.165, 1.54) is 12.8 Å². The Morgan fingerprint density at radius 2 is 2.04 bits per heavy atom. The Morgan fingerprint density at radius 3 is 2.71 bits per heavy atom. The van der Waals surface area contributed by atoms with Crippen molar-refractivity contribution in [3.63, 3.8) is 0 Å². The van der Waals surface area contributed by atoms with Crippen LogP contribution in [0.25, 0.3) is 0 Å². The molecule has 1 saturated carbocycles. The maximum Gasteiger partial charge on any atom is 0.269 e. The highest BCUT2D eigenvalue weighted by molar-refractivity contribution is 9.10. The molecule has 0 aromatic heterocycles. The van der Waals surface area contributed by atoms with Gasteiger partial charge in [0.15, 0.2) is 5.11 Å². The summed E-state index contributed by atoms with van der Waals surface area (Å²) < 4.78 is 5.88. The number of ether oxygens (including phenoxy) is 1. The summed E-state index contributed by atoms with van der Waals surface area (Å²) in [5.41, 5.74) is 5.92. The molecule has 3 atom stereocenters. The van der Waals surface area contributed by atoms with Crippen LogP contribution in [0.2, 0.25) is 0 Å². The van der Waals surface area contributed by atoms with Gasteiger partial charge in [-0.25, -0.2) is 0 Å². The fourth-order valence-corrected chi connectivity index (χ4v) is 3.73. The maximum atomic E-state index is 12.2. The molecule has 1 fully saturated rings. The van der Waals surface area contributed by atoms with E-state index in [2.05, 4.69) is 45.9 Å². The number of carbonyl (C=O) groups is 1. The monoisotopic (exact) mass is 413 g/mol. The number of carbonyl (C=O) groups excluding carboxylic acids is 1. The van der Waals surface area contributed by atoms with Gasteiger partial charge in [-0.15, -0.1) is 0 Å². The van der Waals surface area contributed by atoms with Crippen LogP contribution in [0.4, 0.5) is 0 Å². The lowest BCUT2D eigenvalue weighted by Gasteiger charge is -2.35. The summed E-state index contributed by atoms with van der Waals surface area (Å²) >= 11 is 8.66. The number of thiocarbonyl (C=S) groups is 1. The molecule has 2 rings (SSSR count). The summed E-state index contributed by atoms with van der Waals surface area (Å²) in [6.45, 7) is 4.52. The first-order chi connectivity index (χ1) is 11.4. The van der Waals surface area contributed by atoms with Crippen LogP contribution in [-0.4, -0.2) is 24.2 Å². The second kappa shape index (κ2) is 8.67. The molecule has 5 nitrogen and oxygen atoms in total. The molecule has 0 spiro atoms. The van der Waals surface area contributed by atoms with Gasteiger partial charge in [0.25, 0.3) is 5.91 Å². The molecule has 1 aliphatic rings. The molecule has 0 bridgehead atoms. The Balaban J connectivity index is 1.85. The van der Waals surface area contributed by atoms with E-state index in [4.69, 9.17) is 17.0 Å². The molecule has 0 saturated heterocycles. The molecule has 0 heterocycles. The van der Waals surface area contributed by atoms with Crippen molar-refractivity contribution in [3.8, 4) is 5.75 Å². The minimum absolute atomic E-state index is 0.257. The highest BCUT2D eigenvalue weighted by Gasteiger charge is 2.27. The van der Waals surface area contributed by atoms with E-state index in [0.717, 1.165) is 10.9 Å². The quantitative estimate of drug-likeness (QED) is 0.523. The number of halogens is 1. The minimum atomic E-state index is -0.257. The van der Waals surface area contributed by atoms with Gasteiger partial charge in [0.2, 0.25) is 0 Å². The average molecular weight is 414 g/mol. The molecular formula is C17H24BrN3O2S. The second-order valence-corrected chi connectivity index (χ2v) is 7.54. The normalized spacial score (nSPS) is 23.2. The zero-order chi connectivity index (χ0) is 17.7. The van der Waals surface area contributed by atoms with Crippen LogP contribution in [0, 0.1) is 11.8 Å². The van der Waals surface area contributed by atoms with Crippen molar-refractivity contribution in [2.24, 2.45) is 11.8 Å². The molecule has 0 unspecified atom stereocenters. The van der Waals surface area contributed by atoms with Crippen LogP contribution in [-0.2, 0) is 0 Å². The maximum absolute atomic E-state index is 12.2. The largest absolute Gasteiger partial charge is 0.496 e. The molecule has 132 valence electrons. The van der Waals surface area contributed by atoms with Crippen molar-refractivity contribution in [2.75, 3.05) is 7.11 Å². The van der Waals surface area contributed by atoms with Gasteiger partial charge in [0, 0.05) is 11.6 Å². The Hall–Kier alpha value is -1.34. The van der Waals surface area contributed by atoms with Gasteiger partial charge < -0.3 is 10.1 Å². The van der Waals surface area contributed by atoms with Crippen LogP contribution in [0.15, 0.2) is 22.7 Å². The first-order valence-electron chi connectivity index (χ1n) is 8.12. The summed E-state index contributed by atoms with van der Waals surface area (Å²) in [5, 5.41) is 3.76. The summed E-state index contributed by atoms with van der Waals surface area (Å²) in [4.78, 5) is 12.2. The van der Waals surface area contributed by atoms with Gasteiger partial charge in [0.05, 0.1) is 11.6 Å². The smallest absolute Gasteiger partial charge is 0.269 e. The minimum Gasteiger partial charge on any atom is -0.496 e. The van der Waals surface area contributed by atoms with Crippen LogP contribution in [0.3, 0.4) is 0 Å². The fraction of sp³-hybridized carbons (Fsp3) is 0.529. The SMILES string of the molecule is COc1ccc(C(=O)NNC(=S)N[C@H]2CCC[C@H](C)[C@H]2C)cc1Br. The lowest BCUT2D eigenvalue weighted by atomic mass is 9.78. The number of hydrazine groups is 1. The number of rotatable bonds is 3. The van der Waals surface area contributed by atoms with Gasteiger partial charge in [-0.1, -0.05) is 26.7 Å². The van der Waals surface area contributed by atoms with Gasteiger partial charge >= 0.3 is 0 Å². The third-order valence-electron chi connectivity index (χ3n) is 4.73. The van der Waals surface area contributed by atoms with E-state index in [-0.39, 0.29) is 5.91 Å². The summed E-state index contributed by atoms with van der Waals surface area (Å²) in [7, 11) is 1.58. The molecule has 7 heteroatoms. The topological polar surface area (TPSA) is 62.4 Å². The van der Waals surface area contributed by atoms with Crippen molar-refractivity contribution in [1.29, 1.82) is 0 Å². The molecule has 1 aliphatic carbocycles. The third kappa shape index (κ3) is 4.83. The molecule has 24 heavy (non-hydrogen) atoms. The molecule has 0 radical (unpaired) electrons. The summed E-state index contributed by atoms with van der Waals surface area (Å²) in [6.07, 6.45) is 3.58. The van der Waals surface area contributed by atoms with Gasteiger partial charge in [-0.2, -0.15) is 0 Å². The average Bonchev–Trinajstić information content (AvgIpc) is 2.56. The van der Waals surface area contributed by atoms with Crippen molar-refractivity contribution < 1.29 is 9.53 Å². The van der Waals surface area contributed by atoms with Gasteiger partial charge in [-0.3, -0.25) is 15.6 Å². The molecule has 0 aliphatic heterocycles. The van der Waals surface area contributed by atoms with E-state index < -0.39 is 0 Å². The Kier molecular flexibility index (Phi) is 6.86. The lowest BCUT2D eigenvalue weighted by Crippen LogP contribution is -2.52. The number of methoxy groups -OCH3 is 1. The van der Waals surface area contributed by atoms with E-state index in [1.807, 2.05) is 0 Å². The fourth-order valence-electron chi connectivity index (χ4n) is 2.98. The van der Waals surface area contributed by atoms with Crippen molar-refractivity contribution in [3.05, 3.63) is 28.2 Å². The first kappa shape index (κ1) is 19.0. The van der Waals surface area contributed by atoms with E-state index in [0.29, 0.717) is 34.3 Å². The summed E-state index contributed by atoms with van der Waals surface area (Å²) in [5.74, 6) is 1.67. The van der Waals surface area contributed by atoms with E-state index >= 15 is 0 Å². The number of hydrogen-bond acceptors (Lipinski definition) is 3. The highest BCUT2D eigenvalue weighted by atomic mass is 79.9. The van der Waals surface area contributed by atoms with Crippen molar-refractivity contribution in [1.82, 2.24) is 16.2 Å². The molecule has 1 aromatic rings. The van der Waals surface area contributed by atoms with Crippen LogP contribution >= 0.6 is 28.1 Å². The predicted octanol–water partition coefficient (Wildman–Crippen LogP) is 3.39. The second-order valence-electron chi connectivity index (χ2n) is 6.28. The van der Waals surface area contributed by atoms with Crippen molar-refractivity contribution in [2.45, 2.75) is 39.2 Å². The Morgan fingerprint density at radius 1 is 1.29 bits per heavy atom. The van der Waals surface area contributed by atoms with Crippen LogP contribution in [0.5, 0.6) is 5.75 Å². The molecule has 1 amide bonds. The standard InChI is InChI=1S/C17H24BrN3O2S/c1-10-5-4-6-14(11(10)2)19-17(24)21-20-16(22)12-7-8-15(23-3)13(18)9-12/h7-11,14H,4-6H2,1-3H3,(H,20,22)(H2,19,21,24)/t10-,11+,14-/m0/s1. The summed E-state index contributed by atoms with van der Waals surface area (Å²) in [6, 6.07) is 5.49. The lowest BCUT2D eigenvalue weighted by molar-refractivity contribution is 0.0943.